The Morgan fingerprint density at radius 3 is 2.67 bits per heavy atom. The molecule has 92 valence electrons. The van der Waals surface area contributed by atoms with E-state index >= 15 is 0 Å². The van der Waals surface area contributed by atoms with Crippen molar-refractivity contribution >= 4 is 11.6 Å². The van der Waals surface area contributed by atoms with E-state index in [0.717, 1.165) is 5.56 Å². The molecular weight excluding hydrogens is 231 g/mol. The number of hydrogen-bond acceptors (Lipinski definition) is 2. The first-order valence-corrected chi connectivity index (χ1v) is 5.53. The molecule has 0 aliphatic carbocycles. The molecular formula is C14H13FN2O. The molecule has 3 N–H and O–H groups in total. The van der Waals surface area contributed by atoms with Gasteiger partial charge in [-0.2, -0.15) is 0 Å². The van der Waals surface area contributed by atoms with E-state index in [4.69, 9.17) is 5.73 Å². The zero-order chi connectivity index (χ0) is 13.0. The van der Waals surface area contributed by atoms with Crippen LogP contribution in [-0.2, 0) is 6.54 Å². The smallest absolute Gasteiger partial charge is 0.251 e. The van der Waals surface area contributed by atoms with Crippen LogP contribution >= 0.6 is 0 Å². The van der Waals surface area contributed by atoms with E-state index < -0.39 is 5.82 Å². The summed E-state index contributed by atoms with van der Waals surface area (Å²) in [5.74, 6) is -0.733. The first kappa shape index (κ1) is 12.1. The summed E-state index contributed by atoms with van der Waals surface area (Å²) in [6.45, 7) is 0.361. The van der Waals surface area contributed by atoms with Gasteiger partial charge in [0.1, 0.15) is 5.82 Å². The van der Waals surface area contributed by atoms with Gasteiger partial charge in [0.05, 0.1) is 0 Å². The van der Waals surface area contributed by atoms with Crippen LogP contribution in [0.2, 0.25) is 0 Å². The molecule has 4 heteroatoms. The van der Waals surface area contributed by atoms with Crippen LogP contribution in [0.4, 0.5) is 10.1 Å². The quantitative estimate of drug-likeness (QED) is 0.814. The number of nitrogens with one attached hydrogen (secondary N) is 1. The molecule has 0 radical (unpaired) electrons. The van der Waals surface area contributed by atoms with E-state index in [2.05, 4.69) is 5.32 Å². The number of carbonyl (C=O) groups excluding carboxylic acids is 1. The second-order valence-corrected chi connectivity index (χ2v) is 3.94. The monoisotopic (exact) mass is 244 g/mol. The maximum absolute atomic E-state index is 12.9. The van der Waals surface area contributed by atoms with Crippen LogP contribution in [0.25, 0.3) is 0 Å². The predicted molar refractivity (Wildman–Crippen MR) is 68.4 cm³/mol. The Hall–Kier alpha value is -2.36. The molecule has 0 saturated carbocycles. The largest absolute Gasteiger partial charge is 0.399 e. The zero-order valence-electron chi connectivity index (χ0n) is 9.69. The summed E-state index contributed by atoms with van der Waals surface area (Å²) >= 11 is 0. The standard InChI is InChI=1S/C14H13FN2O/c15-12-5-2-4-11(8-12)14(18)17-9-10-3-1-6-13(16)7-10/h1-8H,9,16H2,(H,17,18). The highest BCUT2D eigenvalue weighted by atomic mass is 19.1. The van der Waals surface area contributed by atoms with Gasteiger partial charge in [0.2, 0.25) is 0 Å². The Morgan fingerprint density at radius 1 is 1.17 bits per heavy atom. The van der Waals surface area contributed by atoms with Crippen LogP contribution in [0, 0.1) is 5.82 Å². The lowest BCUT2D eigenvalue weighted by atomic mass is 10.2. The van der Waals surface area contributed by atoms with Crippen molar-refractivity contribution in [3.8, 4) is 0 Å². The first-order valence-electron chi connectivity index (χ1n) is 5.53. The molecule has 0 bridgehead atoms. The minimum absolute atomic E-state index is 0.305. The van der Waals surface area contributed by atoms with Crippen molar-refractivity contribution < 1.29 is 9.18 Å². The van der Waals surface area contributed by atoms with Crippen molar-refractivity contribution in [2.45, 2.75) is 6.54 Å². The predicted octanol–water partition coefficient (Wildman–Crippen LogP) is 2.34. The Morgan fingerprint density at radius 2 is 1.94 bits per heavy atom. The van der Waals surface area contributed by atoms with Gasteiger partial charge in [-0.15, -0.1) is 0 Å². The van der Waals surface area contributed by atoms with Crippen molar-refractivity contribution in [2.75, 3.05) is 5.73 Å². The molecule has 0 fully saturated rings. The van der Waals surface area contributed by atoms with Crippen molar-refractivity contribution in [1.82, 2.24) is 5.32 Å². The summed E-state index contributed by atoms with van der Waals surface area (Å²) in [4.78, 5) is 11.7. The molecule has 0 spiro atoms. The Balaban J connectivity index is 2.00. The molecule has 2 rings (SSSR count). The van der Waals surface area contributed by atoms with E-state index in [1.165, 1.54) is 18.2 Å². The number of nitrogen functional groups attached to an aromatic ring is 1. The lowest BCUT2D eigenvalue weighted by Gasteiger charge is -2.06. The van der Waals surface area contributed by atoms with Gasteiger partial charge in [-0.3, -0.25) is 4.79 Å². The zero-order valence-corrected chi connectivity index (χ0v) is 9.69. The van der Waals surface area contributed by atoms with Gasteiger partial charge in [0, 0.05) is 17.8 Å². The third-order valence-electron chi connectivity index (χ3n) is 2.49. The van der Waals surface area contributed by atoms with E-state index in [0.29, 0.717) is 17.8 Å². The van der Waals surface area contributed by atoms with Gasteiger partial charge in [-0.1, -0.05) is 18.2 Å². The Kier molecular flexibility index (Phi) is 3.57. The van der Waals surface area contributed by atoms with Crippen LogP contribution in [0.15, 0.2) is 48.5 Å². The molecule has 0 aromatic heterocycles. The fraction of sp³-hybridized carbons (Fsp3) is 0.0714. The first-order chi connectivity index (χ1) is 8.65. The minimum atomic E-state index is -0.424. The molecule has 3 nitrogen and oxygen atoms in total. The van der Waals surface area contributed by atoms with Gasteiger partial charge < -0.3 is 11.1 Å². The highest BCUT2D eigenvalue weighted by Gasteiger charge is 2.05. The second-order valence-electron chi connectivity index (χ2n) is 3.94. The SMILES string of the molecule is Nc1cccc(CNC(=O)c2cccc(F)c2)c1. The average Bonchev–Trinajstić information content (AvgIpc) is 2.36. The van der Waals surface area contributed by atoms with Crippen molar-refractivity contribution in [1.29, 1.82) is 0 Å². The molecule has 0 heterocycles. The fourth-order valence-electron chi connectivity index (χ4n) is 1.62. The molecule has 2 aromatic carbocycles. The van der Waals surface area contributed by atoms with Crippen molar-refractivity contribution in [2.24, 2.45) is 0 Å². The van der Waals surface area contributed by atoms with Gasteiger partial charge in [0.25, 0.3) is 5.91 Å². The van der Waals surface area contributed by atoms with Gasteiger partial charge in [0.15, 0.2) is 0 Å². The van der Waals surface area contributed by atoms with E-state index in [9.17, 15) is 9.18 Å². The molecule has 2 aromatic rings. The highest BCUT2D eigenvalue weighted by Crippen LogP contribution is 2.07. The highest BCUT2D eigenvalue weighted by molar-refractivity contribution is 5.94. The summed E-state index contributed by atoms with van der Waals surface area (Å²) in [5.41, 5.74) is 7.49. The molecule has 0 atom stereocenters. The summed E-state index contributed by atoms with van der Waals surface area (Å²) in [7, 11) is 0. The second kappa shape index (κ2) is 5.31. The van der Waals surface area contributed by atoms with Crippen molar-refractivity contribution in [3.63, 3.8) is 0 Å². The van der Waals surface area contributed by atoms with Crippen LogP contribution < -0.4 is 11.1 Å². The van der Waals surface area contributed by atoms with Crippen LogP contribution in [0.1, 0.15) is 15.9 Å². The van der Waals surface area contributed by atoms with E-state index in [1.807, 2.05) is 12.1 Å². The van der Waals surface area contributed by atoms with Crippen molar-refractivity contribution in [3.05, 3.63) is 65.5 Å². The fourth-order valence-corrected chi connectivity index (χ4v) is 1.62. The Labute approximate surface area is 104 Å². The van der Waals surface area contributed by atoms with E-state index in [1.54, 1.807) is 18.2 Å². The third-order valence-corrected chi connectivity index (χ3v) is 2.49. The van der Waals surface area contributed by atoms with Gasteiger partial charge in [-0.05, 0) is 35.9 Å². The topological polar surface area (TPSA) is 55.1 Å². The number of rotatable bonds is 3. The number of halogens is 1. The maximum Gasteiger partial charge on any atom is 0.251 e. The summed E-state index contributed by atoms with van der Waals surface area (Å²) in [6, 6.07) is 12.8. The summed E-state index contributed by atoms with van der Waals surface area (Å²) < 4.78 is 12.9. The number of benzene rings is 2. The summed E-state index contributed by atoms with van der Waals surface area (Å²) in [6.07, 6.45) is 0. The van der Waals surface area contributed by atoms with Crippen LogP contribution in [0.3, 0.4) is 0 Å². The lowest BCUT2D eigenvalue weighted by Crippen LogP contribution is -2.22. The molecule has 0 aliphatic rings. The van der Waals surface area contributed by atoms with E-state index in [-0.39, 0.29) is 5.91 Å². The average molecular weight is 244 g/mol. The normalized spacial score (nSPS) is 10.1. The number of hydrogen-bond donors (Lipinski definition) is 2. The molecule has 18 heavy (non-hydrogen) atoms. The van der Waals surface area contributed by atoms with Gasteiger partial charge >= 0.3 is 0 Å². The molecule has 0 aliphatic heterocycles. The maximum atomic E-state index is 12.9. The molecule has 0 saturated heterocycles. The summed E-state index contributed by atoms with van der Waals surface area (Å²) in [5, 5.41) is 2.71. The van der Waals surface area contributed by atoms with Crippen LogP contribution in [0.5, 0.6) is 0 Å². The molecule has 0 unspecified atom stereocenters. The Bertz CT molecular complexity index is 569. The minimum Gasteiger partial charge on any atom is -0.399 e. The number of amides is 1. The number of nitrogens with two attached hydrogens (primary N) is 1. The third kappa shape index (κ3) is 3.07. The lowest BCUT2D eigenvalue weighted by molar-refractivity contribution is 0.0950. The van der Waals surface area contributed by atoms with Gasteiger partial charge in [-0.25, -0.2) is 4.39 Å². The molecule has 1 amide bonds. The number of carbonyl (C=O) groups is 1. The van der Waals surface area contributed by atoms with Crippen LogP contribution in [-0.4, -0.2) is 5.91 Å². The number of anilines is 1.